The van der Waals surface area contributed by atoms with Crippen molar-refractivity contribution in [2.75, 3.05) is 32.8 Å². The molecule has 1 aromatic rings. The van der Waals surface area contributed by atoms with Crippen molar-refractivity contribution in [3.63, 3.8) is 0 Å². The maximum Gasteiger partial charge on any atom is 0.0948 e. The van der Waals surface area contributed by atoms with Crippen LogP contribution in [0.4, 0.5) is 0 Å². The lowest BCUT2D eigenvalue weighted by Gasteiger charge is -2.26. The summed E-state index contributed by atoms with van der Waals surface area (Å²) in [6.07, 6.45) is 5.01. The molecule has 0 aliphatic carbocycles. The molecule has 4 heteroatoms. The van der Waals surface area contributed by atoms with Gasteiger partial charge in [0, 0.05) is 38.1 Å². The van der Waals surface area contributed by atoms with Gasteiger partial charge in [-0.1, -0.05) is 13.8 Å². The minimum atomic E-state index is 0.893. The molecule has 4 nitrogen and oxygen atoms in total. The summed E-state index contributed by atoms with van der Waals surface area (Å²) in [5, 5.41) is 0. The van der Waals surface area contributed by atoms with E-state index >= 15 is 0 Å². The van der Waals surface area contributed by atoms with Crippen molar-refractivity contribution in [1.82, 2.24) is 14.5 Å². The standard InChI is InChI=1S/C11H19N3O.C2H6/c1-11-9-12-10-14(11)4-2-3-13-5-7-15-8-6-13;1-2/h9-10H,2-8H2,1H3;1-2H3. The second-order valence-electron chi connectivity index (χ2n) is 4.04. The van der Waals surface area contributed by atoms with Gasteiger partial charge in [0.15, 0.2) is 0 Å². The fraction of sp³-hybridized carbons (Fsp3) is 0.769. The summed E-state index contributed by atoms with van der Waals surface area (Å²) in [5.74, 6) is 0. The lowest BCUT2D eigenvalue weighted by atomic mass is 10.3. The molecule has 0 radical (unpaired) electrons. The Morgan fingerprint density at radius 1 is 1.24 bits per heavy atom. The highest BCUT2D eigenvalue weighted by Crippen LogP contribution is 2.02. The first kappa shape index (κ1) is 14.2. The molecule has 98 valence electrons. The molecule has 1 aliphatic heterocycles. The first-order valence-electron chi connectivity index (χ1n) is 6.63. The lowest BCUT2D eigenvalue weighted by Crippen LogP contribution is -2.37. The van der Waals surface area contributed by atoms with Crippen LogP contribution in [0.3, 0.4) is 0 Å². The molecule has 1 aliphatic rings. The van der Waals surface area contributed by atoms with E-state index in [9.17, 15) is 0 Å². The summed E-state index contributed by atoms with van der Waals surface area (Å²) in [5.41, 5.74) is 1.25. The number of aryl methyl sites for hydroxylation is 2. The Balaban J connectivity index is 0.000000686. The van der Waals surface area contributed by atoms with Gasteiger partial charge in [0.25, 0.3) is 0 Å². The van der Waals surface area contributed by atoms with E-state index in [4.69, 9.17) is 4.74 Å². The highest BCUT2D eigenvalue weighted by atomic mass is 16.5. The number of rotatable bonds is 4. The summed E-state index contributed by atoms with van der Waals surface area (Å²) in [7, 11) is 0. The van der Waals surface area contributed by atoms with Crippen molar-refractivity contribution < 1.29 is 4.74 Å². The lowest BCUT2D eigenvalue weighted by molar-refractivity contribution is 0.0369. The van der Waals surface area contributed by atoms with Gasteiger partial charge in [-0.2, -0.15) is 0 Å². The Hall–Kier alpha value is -0.870. The second-order valence-corrected chi connectivity index (χ2v) is 4.04. The molecule has 0 N–H and O–H groups in total. The van der Waals surface area contributed by atoms with Crippen LogP contribution in [-0.4, -0.2) is 47.3 Å². The van der Waals surface area contributed by atoms with Gasteiger partial charge in [-0.05, 0) is 13.3 Å². The van der Waals surface area contributed by atoms with Crippen molar-refractivity contribution in [3.8, 4) is 0 Å². The summed E-state index contributed by atoms with van der Waals surface area (Å²) in [6, 6.07) is 0. The maximum atomic E-state index is 5.31. The molecule has 1 fully saturated rings. The van der Waals surface area contributed by atoms with Gasteiger partial charge in [0.2, 0.25) is 0 Å². The van der Waals surface area contributed by atoms with Gasteiger partial charge in [-0.3, -0.25) is 4.90 Å². The molecule has 1 saturated heterocycles. The van der Waals surface area contributed by atoms with Crippen LogP contribution in [-0.2, 0) is 11.3 Å². The number of ether oxygens (including phenoxy) is 1. The zero-order valence-corrected chi connectivity index (χ0v) is 11.4. The molecule has 2 rings (SSSR count). The van der Waals surface area contributed by atoms with Crippen molar-refractivity contribution in [1.29, 1.82) is 0 Å². The number of morpholine rings is 1. The average Bonchev–Trinajstić information content (AvgIpc) is 2.79. The highest BCUT2D eigenvalue weighted by Gasteiger charge is 2.09. The van der Waals surface area contributed by atoms with Crippen molar-refractivity contribution >= 4 is 0 Å². The van der Waals surface area contributed by atoms with E-state index in [1.807, 2.05) is 26.4 Å². The molecule has 17 heavy (non-hydrogen) atoms. The molecular formula is C13H25N3O. The molecule has 0 amide bonds. The molecule has 1 aromatic heterocycles. The van der Waals surface area contributed by atoms with Crippen LogP contribution in [0, 0.1) is 6.92 Å². The Morgan fingerprint density at radius 2 is 1.94 bits per heavy atom. The fourth-order valence-corrected chi connectivity index (χ4v) is 1.91. The molecular weight excluding hydrogens is 214 g/mol. The highest BCUT2D eigenvalue weighted by molar-refractivity contribution is 4.93. The van der Waals surface area contributed by atoms with E-state index in [1.54, 1.807) is 0 Å². The van der Waals surface area contributed by atoms with Crippen molar-refractivity contribution in [2.45, 2.75) is 33.7 Å². The van der Waals surface area contributed by atoms with E-state index in [-0.39, 0.29) is 0 Å². The van der Waals surface area contributed by atoms with Gasteiger partial charge in [0.05, 0.1) is 19.5 Å². The Bertz CT molecular complexity index is 293. The van der Waals surface area contributed by atoms with Crippen LogP contribution in [0.15, 0.2) is 12.5 Å². The van der Waals surface area contributed by atoms with Gasteiger partial charge in [-0.15, -0.1) is 0 Å². The topological polar surface area (TPSA) is 30.3 Å². The SMILES string of the molecule is CC.Cc1cncn1CCCN1CCOCC1. The van der Waals surface area contributed by atoms with E-state index in [2.05, 4.69) is 21.4 Å². The fourth-order valence-electron chi connectivity index (χ4n) is 1.91. The van der Waals surface area contributed by atoms with Crippen LogP contribution >= 0.6 is 0 Å². The Labute approximate surface area is 105 Å². The van der Waals surface area contributed by atoms with E-state index in [0.717, 1.165) is 32.8 Å². The minimum Gasteiger partial charge on any atom is -0.379 e. The number of hydrogen-bond donors (Lipinski definition) is 0. The van der Waals surface area contributed by atoms with Gasteiger partial charge < -0.3 is 9.30 Å². The van der Waals surface area contributed by atoms with Crippen molar-refractivity contribution in [3.05, 3.63) is 18.2 Å². The van der Waals surface area contributed by atoms with E-state index in [0.29, 0.717) is 0 Å². The number of imidazole rings is 1. The zero-order chi connectivity index (χ0) is 12.5. The smallest absolute Gasteiger partial charge is 0.0948 e. The summed E-state index contributed by atoms with van der Waals surface area (Å²) < 4.78 is 7.52. The van der Waals surface area contributed by atoms with Gasteiger partial charge >= 0.3 is 0 Å². The predicted molar refractivity (Wildman–Crippen MR) is 70.2 cm³/mol. The second kappa shape index (κ2) is 8.25. The predicted octanol–water partition coefficient (Wildman–Crippen LogP) is 1.94. The van der Waals surface area contributed by atoms with Crippen molar-refractivity contribution in [2.24, 2.45) is 0 Å². The summed E-state index contributed by atoms with van der Waals surface area (Å²) in [6.45, 7) is 12.3. The van der Waals surface area contributed by atoms with Crippen LogP contribution < -0.4 is 0 Å². The minimum absolute atomic E-state index is 0.893. The van der Waals surface area contributed by atoms with Crippen LogP contribution in [0.25, 0.3) is 0 Å². The molecule has 0 saturated carbocycles. The number of aromatic nitrogens is 2. The van der Waals surface area contributed by atoms with Crippen LogP contribution in [0.5, 0.6) is 0 Å². The molecule has 0 atom stereocenters. The normalized spacial score (nSPS) is 16.4. The van der Waals surface area contributed by atoms with E-state index in [1.165, 1.54) is 18.7 Å². The summed E-state index contributed by atoms with van der Waals surface area (Å²) in [4.78, 5) is 6.58. The van der Waals surface area contributed by atoms with Crippen LogP contribution in [0.1, 0.15) is 26.0 Å². The Morgan fingerprint density at radius 3 is 2.53 bits per heavy atom. The third-order valence-corrected chi connectivity index (χ3v) is 2.90. The quantitative estimate of drug-likeness (QED) is 0.804. The number of nitrogens with zero attached hydrogens (tertiary/aromatic N) is 3. The van der Waals surface area contributed by atoms with Gasteiger partial charge in [-0.25, -0.2) is 4.98 Å². The molecule has 0 aromatic carbocycles. The Kier molecular flexibility index (Phi) is 6.89. The largest absolute Gasteiger partial charge is 0.379 e. The maximum absolute atomic E-state index is 5.31. The first-order chi connectivity index (χ1) is 8.36. The first-order valence-corrected chi connectivity index (χ1v) is 6.63. The summed E-state index contributed by atoms with van der Waals surface area (Å²) >= 11 is 0. The average molecular weight is 239 g/mol. The molecule has 0 spiro atoms. The zero-order valence-electron chi connectivity index (χ0n) is 11.4. The molecule has 0 unspecified atom stereocenters. The number of hydrogen-bond acceptors (Lipinski definition) is 3. The third-order valence-electron chi connectivity index (χ3n) is 2.90. The third kappa shape index (κ3) is 4.88. The molecule has 2 heterocycles. The van der Waals surface area contributed by atoms with Crippen LogP contribution in [0.2, 0.25) is 0 Å². The molecule has 0 bridgehead atoms. The van der Waals surface area contributed by atoms with E-state index < -0.39 is 0 Å². The monoisotopic (exact) mass is 239 g/mol. The van der Waals surface area contributed by atoms with Gasteiger partial charge in [0.1, 0.15) is 0 Å².